The van der Waals surface area contributed by atoms with Crippen LogP contribution >= 0.6 is 0 Å². The fourth-order valence-electron chi connectivity index (χ4n) is 4.26. The molecule has 3 aromatic carbocycles. The second-order valence-electron chi connectivity index (χ2n) is 9.43. The van der Waals surface area contributed by atoms with E-state index in [9.17, 15) is 9.18 Å². The zero-order valence-electron chi connectivity index (χ0n) is 20.6. The van der Waals surface area contributed by atoms with Crippen LogP contribution in [-0.2, 0) is 4.79 Å². The van der Waals surface area contributed by atoms with Crippen molar-refractivity contribution in [2.75, 3.05) is 5.32 Å². The van der Waals surface area contributed by atoms with Crippen molar-refractivity contribution in [3.05, 3.63) is 96.3 Å². The Hall–Kier alpha value is -4.85. The average Bonchev–Trinajstić information content (AvgIpc) is 3.36. The summed E-state index contributed by atoms with van der Waals surface area (Å²) in [7, 11) is 0. The molecular formula is C30H25FN6O. The number of hydrogen-bond acceptors (Lipinski definition) is 5. The van der Waals surface area contributed by atoms with Gasteiger partial charge in [0.15, 0.2) is 5.82 Å². The number of anilines is 2. The third-order valence-electron chi connectivity index (χ3n) is 6.44. The van der Waals surface area contributed by atoms with Gasteiger partial charge in [0.05, 0.1) is 17.8 Å². The summed E-state index contributed by atoms with van der Waals surface area (Å²) in [6.07, 6.45) is 6.24. The molecule has 2 heterocycles. The van der Waals surface area contributed by atoms with Crippen molar-refractivity contribution in [2.45, 2.75) is 25.6 Å². The molecule has 0 saturated heterocycles. The van der Waals surface area contributed by atoms with Crippen LogP contribution in [0, 0.1) is 6.92 Å². The highest BCUT2D eigenvalue weighted by Crippen LogP contribution is 2.30. The summed E-state index contributed by atoms with van der Waals surface area (Å²) >= 11 is 0. The highest BCUT2D eigenvalue weighted by Gasteiger charge is 2.38. The van der Waals surface area contributed by atoms with Crippen LogP contribution in [0.3, 0.4) is 0 Å². The Bertz CT molecular complexity index is 1650. The first-order chi connectivity index (χ1) is 18.5. The van der Waals surface area contributed by atoms with Gasteiger partial charge < -0.3 is 10.6 Å². The molecule has 2 aromatic heterocycles. The zero-order chi connectivity index (χ0) is 26.1. The van der Waals surface area contributed by atoms with Gasteiger partial charge in [-0.3, -0.25) is 9.89 Å². The third kappa shape index (κ3) is 5.15. The third-order valence-corrected chi connectivity index (χ3v) is 6.44. The summed E-state index contributed by atoms with van der Waals surface area (Å²) < 4.78 is 13.1. The fourth-order valence-corrected chi connectivity index (χ4v) is 4.26. The van der Waals surface area contributed by atoms with Crippen molar-refractivity contribution in [2.24, 2.45) is 0 Å². The molecule has 6 rings (SSSR count). The Morgan fingerprint density at radius 2 is 1.87 bits per heavy atom. The van der Waals surface area contributed by atoms with Crippen molar-refractivity contribution < 1.29 is 9.18 Å². The number of hydrogen-bond donors (Lipinski definition) is 3. The van der Waals surface area contributed by atoms with Gasteiger partial charge in [0, 0.05) is 40.9 Å². The highest BCUT2D eigenvalue weighted by atomic mass is 19.1. The molecule has 5 aromatic rings. The number of amides is 1. The first-order valence-corrected chi connectivity index (χ1v) is 12.4. The Kier molecular flexibility index (Phi) is 6.13. The van der Waals surface area contributed by atoms with Crippen LogP contribution in [0.5, 0.6) is 0 Å². The van der Waals surface area contributed by atoms with Crippen LogP contribution in [0.15, 0.2) is 85.2 Å². The molecule has 1 amide bonds. The molecule has 1 aliphatic rings. The molecule has 0 aliphatic heterocycles. The van der Waals surface area contributed by atoms with Gasteiger partial charge in [0.2, 0.25) is 5.91 Å². The number of aryl methyl sites for hydroxylation is 1. The standard InChI is InChI=1S/C30H25FN6O/c1-18-5-11-26-24(13-18)30(34-23-9-7-20(8-10-23)22-16-32-33-17-22)37-29(36-26)21-4-2-3-19(14-21)6-12-28(38)35-27-15-25(27)31/h2-14,16-17,25,27H,15H2,1H3,(H,32,33)(H,35,38)(H,34,36,37)/b12-6+. The van der Waals surface area contributed by atoms with Crippen molar-refractivity contribution in [1.82, 2.24) is 25.5 Å². The van der Waals surface area contributed by atoms with E-state index < -0.39 is 6.17 Å². The first-order valence-electron chi connectivity index (χ1n) is 12.4. The molecule has 0 spiro atoms. The zero-order valence-corrected chi connectivity index (χ0v) is 20.6. The van der Waals surface area contributed by atoms with Gasteiger partial charge in [-0.15, -0.1) is 0 Å². The van der Waals surface area contributed by atoms with Crippen LogP contribution in [-0.4, -0.2) is 38.3 Å². The second kappa shape index (κ2) is 9.89. The van der Waals surface area contributed by atoms with Gasteiger partial charge in [-0.25, -0.2) is 14.4 Å². The summed E-state index contributed by atoms with van der Waals surface area (Å²) in [5, 5.41) is 13.9. The fraction of sp³-hybridized carbons (Fsp3) is 0.133. The van der Waals surface area contributed by atoms with E-state index in [-0.39, 0.29) is 11.9 Å². The van der Waals surface area contributed by atoms with Crippen LogP contribution in [0.1, 0.15) is 17.5 Å². The number of fused-ring (bicyclic) bond motifs is 1. The SMILES string of the molecule is Cc1ccc2nc(-c3cccc(/C=C/C(=O)NC4CC4F)c3)nc(Nc3ccc(-c4cn[nH]c4)cc3)c2c1. The van der Waals surface area contributed by atoms with Gasteiger partial charge in [0.25, 0.3) is 0 Å². The average molecular weight is 505 g/mol. The number of carbonyl (C=O) groups is 1. The van der Waals surface area contributed by atoms with E-state index in [0.29, 0.717) is 18.1 Å². The summed E-state index contributed by atoms with van der Waals surface area (Å²) in [4.78, 5) is 21.8. The largest absolute Gasteiger partial charge is 0.347 e. The summed E-state index contributed by atoms with van der Waals surface area (Å²) in [5.41, 5.74) is 6.56. The number of carbonyl (C=O) groups excluding carboxylic acids is 1. The van der Waals surface area contributed by atoms with E-state index in [4.69, 9.17) is 9.97 Å². The molecule has 3 N–H and O–H groups in total. The van der Waals surface area contributed by atoms with Crippen LogP contribution < -0.4 is 10.6 Å². The predicted molar refractivity (Wildman–Crippen MR) is 147 cm³/mol. The lowest BCUT2D eigenvalue weighted by Crippen LogP contribution is -2.24. The molecule has 38 heavy (non-hydrogen) atoms. The van der Waals surface area contributed by atoms with Gasteiger partial charge in [0.1, 0.15) is 12.0 Å². The lowest BCUT2D eigenvalue weighted by atomic mass is 10.1. The maximum atomic E-state index is 13.1. The number of benzene rings is 3. The molecule has 8 heteroatoms. The highest BCUT2D eigenvalue weighted by molar-refractivity contribution is 5.94. The molecule has 0 radical (unpaired) electrons. The number of nitrogens with one attached hydrogen (secondary N) is 3. The normalized spacial score (nSPS) is 16.6. The Labute approximate surface area is 218 Å². The molecule has 7 nitrogen and oxygen atoms in total. The smallest absolute Gasteiger partial charge is 0.244 e. The topological polar surface area (TPSA) is 95.6 Å². The number of alkyl halides is 1. The minimum atomic E-state index is -0.929. The Balaban J connectivity index is 1.30. The van der Waals surface area contributed by atoms with Crippen molar-refractivity contribution in [3.8, 4) is 22.5 Å². The lowest BCUT2D eigenvalue weighted by Gasteiger charge is -2.12. The van der Waals surface area contributed by atoms with E-state index in [1.54, 1.807) is 12.3 Å². The number of nitrogens with zero attached hydrogens (tertiary/aromatic N) is 3. The van der Waals surface area contributed by atoms with Gasteiger partial charge in [-0.05, 0) is 54.5 Å². The minimum Gasteiger partial charge on any atom is -0.347 e. The van der Waals surface area contributed by atoms with Crippen molar-refractivity contribution in [3.63, 3.8) is 0 Å². The summed E-state index contributed by atoms with van der Waals surface area (Å²) in [6, 6.07) is 21.5. The number of rotatable bonds is 7. The first kappa shape index (κ1) is 23.5. The van der Waals surface area contributed by atoms with Gasteiger partial charge in [-0.1, -0.05) is 42.0 Å². The molecular weight excluding hydrogens is 479 g/mol. The monoisotopic (exact) mass is 504 g/mol. The van der Waals surface area contributed by atoms with E-state index in [0.717, 1.165) is 44.4 Å². The van der Waals surface area contributed by atoms with Crippen molar-refractivity contribution >= 4 is 34.4 Å². The molecule has 2 unspecified atom stereocenters. The molecule has 1 aliphatic carbocycles. The number of halogens is 1. The lowest BCUT2D eigenvalue weighted by molar-refractivity contribution is -0.116. The quantitative estimate of drug-likeness (QED) is 0.237. The van der Waals surface area contributed by atoms with Crippen LogP contribution in [0.2, 0.25) is 0 Å². The summed E-state index contributed by atoms with van der Waals surface area (Å²) in [6.45, 7) is 2.04. The van der Waals surface area contributed by atoms with Crippen LogP contribution in [0.4, 0.5) is 15.9 Å². The molecule has 188 valence electrons. The molecule has 0 bridgehead atoms. The van der Waals surface area contributed by atoms with E-state index >= 15 is 0 Å². The molecule has 1 fully saturated rings. The van der Waals surface area contributed by atoms with Crippen molar-refractivity contribution in [1.29, 1.82) is 0 Å². The van der Waals surface area contributed by atoms with Gasteiger partial charge in [-0.2, -0.15) is 5.10 Å². The Morgan fingerprint density at radius 3 is 2.63 bits per heavy atom. The van der Waals surface area contributed by atoms with E-state index in [1.165, 1.54) is 6.08 Å². The number of aromatic amines is 1. The van der Waals surface area contributed by atoms with Crippen LogP contribution in [0.25, 0.3) is 39.5 Å². The summed E-state index contributed by atoms with van der Waals surface area (Å²) in [5.74, 6) is 0.968. The maximum Gasteiger partial charge on any atom is 0.244 e. The second-order valence-corrected chi connectivity index (χ2v) is 9.43. The number of aromatic nitrogens is 4. The molecule has 1 saturated carbocycles. The Morgan fingerprint density at radius 1 is 1.03 bits per heavy atom. The molecule has 2 atom stereocenters. The number of H-pyrrole nitrogens is 1. The maximum absolute atomic E-state index is 13.1. The minimum absolute atomic E-state index is 0.303. The van der Waals surface area contributed by atoms with E-state index in [2.05, 4.69) is 26.9 Å². The van der Waals surface area contributed by atoms with E-state index in [1.807, 2.05) is 73.8 Å². The van der Waals surface area contributed by atoms with Gasteiger partial charge >= 0.3 is 0 Å². The predicted octanol–water partition coefficient (Wildman–Crippen LogP) is 5.98.